The number of carbonyl (C=O) groups excluding carboxylic acids is 3. The van der Waals surface area contributed by atoms with Crippen LogP contribution in [0.3, 0.4) is 0 Å². The Labute approximate surface area is 327 Å². The van der Waals surface area contributed by atoms with Crippen LogP contribution in [0.2, 0.25) is 0 Å². The van der Waals surface area contributed by atoms with Gasteiger partial charge in [-0.2, -0.15) is 39.5 Å². The smallest absolute Gasteiger partial charge is 0.432 e. The molecule has 3 aromatic rings. The fraction of sp³-hybridized carbons (Fsp3) is 0.475. The van der Waals surface area contributed by atoms with Gasteiger partial charge in [0, 0.05) is 43.9 Å². The van der Waals surface area contributed by atoms with Crippen molar-refractivity contribution in [2.75, 3.05) is 34.5 Å². The molecule has 0 amide bonds. The van der Waals surface area contributed by atoms with E-state index >= 15 is 0 Å². The monoisotopic (exact) mass is 836 g/mol. The molecule has 3 aromatic carbocycles. The van der Waals surface area contributed by atoms with Gasteiger partial charge in [0.05, 0.1) is 13.2 Å². The fourth-order valence-corrected chi connectivity index (χ4v) is 7.50. The molecule has 0 radical (unpaired) electrons. The Bertz CT molecular complexity index is 1840. The van der Waals surface area contributed by atoms with Gasteiger partial charge in [0.25, 0.3) is 16.8 Å². The number of hydrogen-bond acceptors (Lipinski definition) is 9. The fourth-order valence-electron chi connectivity index (χ4n) is 7.50. The van der Waals surface area contributed by atoms with Crippen LogP contribution in [0, 0.1) is 23.7 Å². The average molecular weight is 837 g/mol. The molecule has 0 spiro atoms. The lowest BCUT2D eigenvalue weighted by molar-refractivity contribution is -0.279. The lowest BCUT2D eigenvalue weighted by atomic mass is 9.83. The van der Waals surface area contributed by atoms with E-state index in [1.165, 1.54) is 68.4 Å². The maximum Gasteiger partial charge on any atom is 0.432 e. The van der Waals surface area contributed by atoms with Gasteiger partial charge in [-0.05, 0) is 24.2 Å². The summed E-state index contributed by atoms with van der Waals surface area (Å²) in [5.74, 6) is -9.94. The second-order valence-corrected chi connectivity index (χ2v) is 13.8. The summed E-state index contributed by atoms with van der Waals surface area (Å²) < 4.78 is 162. The number of alkyl halides is 9. The van der Waals surface area contributed by atoms with Gasteiger partial charge in [-0.25, -0.2) is 14.4 Å². The Kier molecular flexibility index (Phi) is 14.0. The van der Waals surface area contributed by atoms with Gasteiger partial charge in [-0.3, -0.25) is 0 Å². The highest BCUT2D eigenvalue weighted by Crippen LogP contribution is 2.49. The Morgan fingerprint density at radius 1 is 0.586 bits per heavy atom. The summed E-state index contributed by atoms with van der Waals surface area (Å²) in [4.78, 5) is 40.4. The predicted octanol–water partition coefficient (Wildman–Crippen LogP) is 8.21. The van der Waals surface area contributed by atoms with Crippen molar-refractivity contribution in [3.05, 3.63) is 108 Å². The van der Waals surface area contributed by atoms with Gasteiger partial charge < -0.3 is 28.4 Å². The summed E-state index contributed by atoms with van der Waals surface area (Å²) in [6.45, 7) is 1.09. The van der Waals surface area contributed by atoms with Crippen LogP contribution in [0.5, 0.6) is 0 Å². The molecule has 0 saturated heterocycles. The molecule has 1 aliphatic carbocycles. The van der Waals surface area contributed by atoms with E-state index in [9.17, 15) is 53.9 Å². The van der Waals surface area contributed by atoms with Crippen LogP contribution in [0.25, 0.3) is 0 Å². The van der Waals surface area contributed by atoms with Crippen LogP contribution in [-0.2, 0) is 59.6 Å². The SMILES string of the molecule is CO[C@@](C(=O)OC[C@@H]1[C@@H](C)[C@@H](OC(=O)[C@](OC)(c2ccccc2)C(F)(F)F)C[C@H]1[C@@H](C)COC(=O)[C@](OC)(c1ccccc1)C(F)(F)F)(c1ccccc1)C(F)(F)F. The molecule has 0 N–H and O–H groups in total. The van der Waals surface area contributed by atoms with Crippen LogP contribution in [-0.4, -0.2) is 77.1 Å². The Morgan fingerprint density at radius 3 is 1.28 bits per heavy atom. The Balaban J connectivity index is 1.70. The maximum absolute atomic E-state index is 14.7. The zero-order valence-corrected chi connectivity index (χ0v) is 31.7. The van der Waals surface area contributed by atoms with Crippen LogP contribution < -0.4 is 0 Å². The Hall–Kier alpha value is -4.68. The molecule has 0 heterocycles. The molecule has 8 atom stereocenters. The third-order valence-corrected chi connectivity index (χ3v) is 10.7. The first kappa shape index (κ1) is 46.0. The van der Waals surface area contributed by atoms with Crippen molar-refractivity contribution >= 4 is 17.9 Å². The van der Waals surface area contributed by atoms with Crippen LogP contribution in [0.15, 0.2) is 91.0 Å². The van der Waals surface area contributed by atoms with E-state index in [-0.39, 0.29) is 6.42 Å². The first-order valence-corrected chi connectivity index (χ1v) is 17.7. The minimum Gasteiger partial charge on any atom is -0.463 e. The molecule has 1 saturated carbocycles. The predicted molar refractivity (Wildman–Crippen MR) is 185 cm³/mol. The summed E-state index contributed by atoms with van der Waals surface area (Å²) in [5, 5.41) is 0. The topological polar surface area (TPSA) is 107 Å². The summed E-state index contributed by atoms with van der Waals surface area (Å²) in [6, 6.07) is 17.5. The van der Waals surface area contributed by atoms with Crippen LogP contribution in [0.1, 0.15) is 37.0 Å². The van der Waals surface area contributed by atoms with Gasteiger partial charge in [-0.15, -0.1) is 0 Å². The zero-order chi connectivity index (χ0) is 43.3. The summed E-state index contributed by atoms with van der Waals surface area (Å²) in [6.07, 6.45) is -17.9. The van der Waals surface area contributed by atoms with E-state index < -0.39 is 113 Å². The normalized spacial score (nSPS) is 22.4. The molecule has 0 bridgehead atoms. The van der Waals surface area contributed by atoms with Crippen molar-refractivity contribution in [3.8, 4) is 0 Å². The number of esters is 3. The highest BCUT2D eigenvalue weighted by Gasteiger charge is 2.67. The quantitative estimate of drug-likeness (QED) is 0.0851. The van der Waals surface area contributed by atoms with E-state index in [0.29, 0.717) is 21.3 Å². The Morgan fingerprint density at radius 2 is 0.931 bits per heavy atom. The molecule has 0 unspecified atom stereocenters. The van der Waals surface area contributed by atoms with Crippen molar-refractivity contribution < 1.29 is 82.3 Å². The third kappa shape index (κ3) is 8.27. The third-order valence-electron chi connectivity index (χ3n) is 10.7. The molecule has 1 fully saturated rings. The summed E-state index contributed by atoms with van der Waals surface area (Å²) >= 11 is 0. The second kappa shape index (κ2) is 17.7. The molecule has 18 heteroatoms. The molecule has 1 aliphatic rings. The average Bonchev–Trinajstić information content (AvgIpc) is 3.48. The van der Waals surface area contributed by atoms with Gasteiger partial charge in [0.15, 0.2) is 0 Å². The lowest BCUT2D eigenvalue weighted by Crippen LogP contribution is -2.53. The molecule has 318 valence electrons. The first-order valence-electron chi connectivity index (χ1n) is 17.7. The number of carbonyl (C=O) groups is 3. The second-order valence-electron chi connectivity index (χ2n) is 13.8. The van der Waals surface area contributed by atoms with Crippen molar-refractivity contribution in [2.24, 2.45) is 23.7 Å². The van der Waals surface area contributed by atoms with Gasteiger partial charge in [0.1, 0.15) is 6.10 Å². The van der Waals surface area contributed by atoms with Crippen molar-refractivity contribution in [2.45, 2.75) is 61.7 Å². The largest absolute Gasteiger partial charge is 0.463 e. The van der Waals surface area contributed by atoms with Crippen molar-refractivity contribution in [1.29, 1.82) is 0 Å². The first-order chi connectivity index (χ1) is 27.1. The van der Waals surface area contributed by atoms with Gasteiger partial charge in [0.2, 0.25) is 0 Å². The van der Waals surface area contributed by atoms with Crippen molar-refractivity contribution in [1.82, 2.24) is 0 Å². The van der Waals surface area contributed by atoms with E-state index in [1.807, 2.05) is 0 Å². The molecule has 0 aliphatic heterocycles. The number of halogens is 9. The lowest BCUT2D eigenvalue weighted by Gasteiger charge is -2.35. The van der Waals surface area contributed by atoms with E-state index in [4.69, 9.17) is 28.4 Å². The van der Waals surface area contributed by atoms with Gasteiger partial charge in [-0.1, -0.05) is 105 Å². The molecule has 4 rings (SSSR count). The minimum atomic E-state index is -5.37. The number of ether oxygens (including phenoxy) is 6. The zero-order valence-electron chi connectivity index (χ0n) is 31.7. The maximum atomic E-state index is 14.7. The van der Waals surface area contributed by atoms with Crippen molar-refractivity contribution in [3.63, 3.8) is 0 Å². The molecular formula is C40H41F9O9. The summed E-state index contributed by atoms with van der Waals surface area (Å²) in [7, 11) is 1.94. The standard InChI is InChI=1S/C40H41F9O9/c1-24(22-56-32(50)35(53-3,38(41,42)43)26-15-9-6-10-16-26)29-21-31(58-34(52)37(55-5,40(47,48)49)28-19-13-8-14-20-28)25(2)30(29)23-57-33(51)36(54-4,39(44,45)46)27-17-11-7-12-18-27/h6-20,24-25,29-31H,21-23H2,1-5H3/t24-,25+,29-,30+,31-,35+,36+,37+/m0/s1. The highest BCUT2D eigenvalue weighted by atomic mass is 19.4. The van der Waals surface area contributed by atoms with Crippen LogP contribution in [0.4, 0.5) is 39.5 Å². The minimum absolute atomic E-state index is 0.360. The van der Waals surface area contributed by atoms with Gasteiger partial charge >= 0.3 is 36.4 Å². The number of hydrogen-bond donors (Lipinski definition) is 0. The molecule has 58 heavy (non-hydrogen) atoms. The highest BCUT2D eigenvalue weighted by molar-refractivity contribution is 5.84. The van der Waals surface area contributed by atoms with Crippen LogP contribution >= 0.6 is 0 Å². The number of methoxy groups -OCH3 is 3. The molecule has 9 nitrogen and oxygen atoms in total. The van der Waals surface area contributed by atoms with E-state index in [0.717, 1.165) is 36.4 Å². The van der Waals surface area contributed by atoms with E-state index in [2.05, 4.69) is 0 Å². The summed E-state index contributed by atoms with van der Waals surface area (Å²) in [5.41, 5.74) is -12.7. The molecular weight excluding hydrogens is 795 g/mol. The molecule has 0 aromatic heterocycles. The van der Waals surface area contributed by atoms with E-state index in [1.54, 1.807) is 0 Å². The number of benzene rings is 3. The number of rotatable bonds is 15.